The zero-order valence-corrected chi connectivity index (χ0v) is 20.2. The molecule has 3 aromatic rings. The molecule has 1 amide bonds. The lowest BCUT2D eigenvalue weighted by Gasteiger charge is -2.36. The van der Waals surface area contributed by atoms with Crippen molar-refractivity contribution in [2.45, 2.75) is 30.8 Å². The van der Waals surface area contributed by atoms with Crippen molar-refractivity contribution in [3.05, 3.63) is 66.4 Å². The van der Waals surface area contributed by atoms with E-state index in [0.717, 1.165) is 21.8 Å². The number of piperazine rings is 1. The highest BCUT2D eigenvalue weighted by molar-refractivity contribution is 8.06. The summed E-state index contributed by atoms with van der Waals surface area (Å²) in [6.07, 6.45) is 1.70. The fourth-order valence-corrected chi connectivity index (χ4v) is 5.89. The van der Waals surface area contributed by atoms with Gasteiger partial charge < -0.3 is 15.5 Å². The zero-order valence-electron chi connectivity index (χ0n) is 19.4. The maximum atomic E-state index is 12.9. The van der Waals surface area contributed by atoms with Gasteiger partial charge >= 0.3 is 0 Å². The summed E-state index contributed by atoms with van der Waals surface area (Å²) in [6.45, 7) is 5.60. The Morgan fingerprint density at radius 1 is 1.03 bits per heavy atom. The van der Waals surface area contributed by atoms with Crippen molar-refractivity contribution in [2.24, 2.45) is 0 Å². The third-order valence-corrected chi connectivity index (χ3v) is 8.34. The second kappa shape index (κ2) is 8.83. The van der Waals surface area contributed by atoms with Gasteiger partial charge in [-0.3, -0.25) is 4.79 Å². The second-order valence-electron chi connectivity index (χ2n) is 8.89. The summed E-state index contributed by atoms with van der Waals surface area (Å²) in [4.78, 5) is 24.5. The molecule has 34 heavy (non-hydrogen) atoms. The largest absolute Gasteiger partial charge is 0.336 e. The number of hydrogen-bond donors (Lipinski definition) is 2. The van der Waals surface area contributed by atoms with Gasteiger partial charge in [0.15, 0.2) is 0 Å². The summed E-state index contributed by atoms with van der Waals surface area (Å²) in [5.41, 5.74) is 4.88. The van der Waals surface area contributed by atoms with Crippen molar-refractivity contribution in [1.29, 1.82) is 0 Å². The molecular formula is C25H28N6O2S. The molecule has 176 valence electrons. The highest BCUT2D eigenvalue weighted by Crippen LogP contribution is 2.26. The van der Waals surface area contributed by atoms with Crippen molar-refractivity contribution in [3.8, 4) is 11.3 Å². The first-order chi connectivity index (χ1) is 16.3. The Bertz CT molecular complexity index is 1320. The van der Waals surface area contributed by atoms with E-state index in [4.69, 9.17) is 0 Å². The number of benzene rings is 2. The molecule has 1 fully saturated rings. The summed E-state index contributed by atoms with van der Waals surface area (Å²) in [5, 5.41) is 6.66. The standard InChI is InChI=1S/C25H28N6O2S/c1-17-14-31(15-18(2)27-17)24(32)20-4-8-21(9-5-20)28-25-26-13-12-23(29-25)19-6-10-22(11-7-19)34(33)16-30(34)3/h4-13,16-18,27H,14-15H2,1-3H3,(H,26,28,29)/t17-,18?,30?,34?/m0/s1. The van der Waals surface area contributed by atoms with Gasteiger partial charge in [-0.15, -0.1) is 0 Å². The monoisotopic (exact) mass is 476 g/mol. The minimum Gasteiger partial charge on any atom is -0.336 e. The van der Waals surface area contributed by atoms with Gasteiger partial charge in [-0.1, -0.05) is 12.1 Å². The molecule has 9 heteroatoms. The van der Waals surface area contributed by atoms with E-state index in [1.165, 1.54) is 0 Å². The van der Waals surface area contributed by atoms with E-state index in [-0.39, 0.29) is 18.0 Å². The lowest BCUT2D eigenvalue weighted by atomic mass is 10.1. The van der Waals surface area contributed by atoms with Crippen LogP contribution in [0.4, 0.5) is 11.6 Å². The van der Waals surface area contributed by atoms with Gasteiger partial charge in [0.05, 0.1) is 20.9 Å². The first-order valence-electron chi connectivity index (χ1n) is 11.3. The number of carbonyl (C=O) groups excluding carboxylic acids is 1. The molecule has 5 rings (SSSR count). The molecule has 0 aliphatic carbocycles. The molecule has 1 aromatic heterocycles. The molecule has 8 nitrogen and oxygen atoms in total. The lowest BCUT2D eigenvalue weighted by Crippen LogP contribution is -2.55. The third-order valence-electron chi connectivity index (χ3n) is 6.05. The third kappa shape index (κ3) is 4.54. The number of nitrogens with zero attached hydrogens (tertiary/aromatic N) is 4. The van der Waals surface area contributed by atoms with Gasteiger partial charge in [0.25, 0.3) is 5.91 Å². The van der Waals surface area contributed by atoms with E-state index in [1.807, 2.05) is 66.5 Å². The lowest BCUT2D eigenvalue weighted by molar-refractivity contribution is 0.0674. The first-order valence-corrected chi connectivity index (χ1v) is 12.9. The first kappa shape index (κ1) is 22.5. The summed E-state index contributed by atoms with van der Waals surface area (Å²) in [6, 6.07) is 17.4. The molecule has 2 aromatic carbocycles. The van der Waals surface area contributed by atoms with Crippen LogP contribution in [0, 0.1) is 0 Å². The SMILES string of the molecule is CC1CN(C(=O)c2ccc(Nc3nccc(-c4ccc(S5(=O)=CN5C)cc4)n3)cc2)C[C@H](C)N1. The van der Waals surface area contributed by atoms with Gasteiger partial charge in [0.1, 0.15) is 0 Å². The molecule has 3 unspecified atom stereocenters. The molecule has 0 spiro atoms. The Balaban J connectivity index is 1.27. The van der Waals surface area contributed by atoms with E-state index in [0.29, 0.717) is 24.6 Å². The van der Waals surface area contributed by atoms with Gasteiger partial charge in [-0.25, -0.2) is 14.2 Å². The smallest absolute Gasteiger partial charge is 0.253 e. The van der Waals surface area contributed by atoms with Crippen LogP contribution < -0.4 is 10.6 Å². The average Bonchev–Trinajstić information content (AvgIpc) is 3.46. The molecule has 1 saturated heterocycles. The molecule has 2 aliphatic heterocycles. The van der Waals surface area contributed by atoms with E-state index < -0.39 is 9.71 Å². The maximum Gasteiger partial charge on any atom is 0.253 e. The summed E-state index contributed by atoms with van der Waals surface area (Å²) in [7, 11) is -0.306. The van der Waals surface area contributed by atoms with Crippen molar-refractivity contribution in [2.75, 3.05) is 25.5 Å². The quantitative estimate of drug-likeness (QED) is 0.551. The number of aromatic nitrogens is 2. The minimum absolute atomic E-state index is 0.0464. The van der Waals surface area contributed by atoms with Gasteiger partial charge in [-0.05, 0) is 56.3 Å². The van der Waals surface area contributed by atoms with Crippen molar-refractivity contribution >= 4 is 32.7 Å². The Kier molecular flexibility index (Phi) is 5.85. The zero-order chi connectivity index (χ0) is 23.9. The Morgan fingerprint density at radius 2 is 1.68 bits per heavy atom. The predicted octanol–water partition coefficient (Wildman–Crippen LogP) is 2.97. The minimum atomic E-state index is -2.12. The van der Waals surface area contributed by atoms with Crippen LogP contribution >= 0.6 is 0 Å². The van der Waals surface area contributed by atoms with Crippen LogP contribution in [0.2, 0.25) is 0 Å². The van der Waals surface area contributed by atoms with Crippen LogP contribution in [0.5, 0.6) is 0 Å². The highest BCUT2D eigenvalue weighted by atomic mass is 32.2. The fraction of sp³-hybridized carbons (Fsp3) is 0.280. The van der Waals surface area contributed by atoms with E-state index in [9.17, 15) is 9.00 Å². The molecule has 0 radical (unpaired) electrons. The van der Waals surface area contributed by atoms with E-state index >= 15 is 0 Å². The number of carbonyl (C=O) groups is 1. The van der Waals surface area contributed by atoms with Crippen LogP contribution in [-0.4, -0.2) is 67.0 Å². The number of amides is 1. The Morgan fingerprint density at radius 3 is 2.29 bits per heavy atom. The number of hydrogen-bond acceptors (Lipinski definition) is 6. The highest BCUT2D eigenvalue weighted by Gasteiger charge is 2.28. The maximum absolute atomic E-state index is 12.9. The number of anilines is 2. The van der Waals surface area contributed by atoms with Crippen LogP contribution in [-0.2, 0) is 9.71 Å². The van der Waals surface area contributed by atoms with Crippen LogP contribution in [0.1, 0.15) is 24.2 Å². The van der Waals surface area contributed by atoms with Gasteiger partial charge in [0, 0.05) is 60.1 Å². The van der Waals surface area contributed by atoms with Crippen LogP contribution in [0.15, 0.2) is 65.7 Å². The summed E-state index contributed by atoms with van der Waals surface area (Å²) >= 11 is 0. The summed E-state index contributed by atoms with van der Waals surface area (Å²) < 4.78 is 14.3. The molecule has 3 heterocycles. The number of nitrogens with one attached hydrogen (secondary N) is 2. The van der Waals surface area contributed by atoms with Gasteiger partial charge in [0.2, 0.25) is 5.95 Å². The van der Waals surface area contributed by atoms with Gasteiger partial charge in [-0.2, -0.15) is 4.31 Å². The molecule has 4 atom stereocenters. The van der Waals surface area contributed by atoms with E-state index in [2.05, 4.69) is 34.4 Å². The van der Waals surface area contributed by atoms with Crippen molar-refractivity contribution in [3.63, 3.8) is 0 Å². The molecule has 0 bridgehead atoms. The fourth-order valence-electron chi connectivity index (χ4n) is 4.31. The van der Waals surface area contributed by atoms with Crippen molar-refractivity contribution < 1.29 is 9.00 Å². The molecular weight excluding hydrogens is 448 g/mol. The molecule has 0 saturated carbocycles. The van der Waals surface area contributed by atoms with Crippen molar-refractivity contribution in [1.82, 2.24) is 24.5 Å². The Labute approximate surface area is 200 Å². The topological polar surface area (TPSA) is 90.2 Å². The number of rotatable bonds is 5. The normalized spacial score (nSPS) is 26.0. The average molecular weight is 477 g/mol. The predicted molar refractivity (Wildman–Crippen MR) is 135 cm³/mol. The molecule has 2 N–H and O–H groups in total. The molecule has 2 aliphatic rings. The second-order valence-corrected chi connectivity index (χ2v) is 11.3. The summed E-state index contributed by atoms with van der Waals surface area (Å²) in [5.74, 6) is 0.511. The van der Waals surface area contributed by atoms with E-state index in [1.54, 1.807) is 16.0 Å². The van der Waals surface area contributed by atoms with Crippen LogP contribution in [0.25, 0.3) is 11.3 Å². The van der Waals surface area contributed by atoms with Crippen LogP contribution in [0.3, 0.4) is 0 Å². The Hall–Kier alpha value is -3.27.